The summed E-state index contributed by atoms with van der Waals surface area (Å²) in [6.45, 7) is 4.11. The van der Waals surface area contributed by atoms with Crippen molar-refractivity contribution in [1.29, 1.82) is 0 Å². The minimum Gasteiger partial charge on any atom is -0.496 e. The van der Waals surface area contributed by atoms with Gasteiger partial charge in [0.1, 0.15) is 5.75 Å². The maximum absolute atomic E-state index is 6.19. The number of nitrogens with one attached hydrogen (secondary N) is 1. The van der Waals surface area contributed by atoms with Gasteiger partial charge in [0, 0.05) is 43.2 Å². The first-order valence-electron chi connectivity index (χ1n) is 7.39. The molecule has 118 valence electrons. The van der Waals surface area contributed by atoms with Gasteiger partial charge in [-0.25, -0.2) is 0 Å². The second-order valence-corrected chi connectivity index (χ2v) is 5.65. The molecule has 0 radical (unpaired) electrons. The molecule has 2 rings (SSSR count). The molecule has 1 unspecified atom stereocenters. The Hall–Kier alpha value is -0.810. The molecule has 1 N–H and O–H groups in total. The van der Waals surface area contributed by atoms with Gasteiger partial charge in [-0.2, -0.15) is 0 Å². The summed E-state index contributed by atoms with van der Waals surface area (Å²) in [7, 11) is 3.62. The van der Waals surface area contributed by atoms with Crippen LogP contribution in [0.15, 0.2) is 18.2 Å². The fourth-order valence-corrected chi connectivity index (χ4v) is 3.33. The Morgan fingerprint density at radius 3 is 2.67 bits per heavy atom. The normalized spacial score (nSPS) is 19.2. The van der Waals surface area contributed by atoms with Gasteiger partial charge in [-0.1, -0.05) is 11.6 Å². The number of ether oxygens (including phenoxy) is 3. The van der Waals surface area contributed by atoms with E-state index in [4.69, 9.17) is 25.8 Å². The average molecular weight is 314 g/mol. The number of halogens is 1. The largest absolute Gasteiger partial charge is 0.496 e. The van der Waals surface area contributed by atoms with E-state index in [1.54, 1.807) is 7.11 Å². The topological polar surface area (TPSA) is 39.7 Å². The van der Waals surface area contributed by atoms with Crippen LogP contribution in [-0.2, 0) is 9.47 Å². The molecule has 1 saturated heterocycles. The van der Waals surface area contributed by atoms with Crippen LogP contribution in [-0.4, -0.2) is 39.6 Å². The van der Waals surface area contributed by atoms with E-state index in [1.165, 1.54) is 0 Å². The molecule has 4 nitrogen and oxygen atoms in total. The molecule has 1 atom stereocenters. The van der Waals surface area contributed by atoms with Gasteiger partial charge in [-0.05, 0) is 32.2 Å². The van der Waals surface area contributed by atoms with E-state index in [2.05, 4.69) is 5.32 Å². The van der Waals surface area contributed by atoms with Gasteiger partial charge in [-0.15, -0.1) is 0 Å². The molecule has 0 bridgehead atoms. The molecule has 21 heavy (non-hydrogen) atoms. The van der Waals surface area contributed by atoms with Crippen molar-refractivity contribution < 1.29 is 14.2 Å². The Balaban J connectivity index is 2.42. The lowest BCUT2D eigenvalue weighted by Gasteiger charge is -2.43. The molecule has 0 aromatic heterocycles. The Morgan fingerprint density at radius 1 is 1.38 bits per heavy atom. The van der Waals surface area contributed by atoms with Gasteiger partial charge in [0.25, 0.3) is 0 Å². The summed E-state index contributed by atoms with van der Waals surface area (Å²) in [5.74, 6) is 0.823. The highest BCUT2D eigenvalue weighted by Gasteiger charge is 2.42. The molecule has 0 aliphatic carbocycles. The van der Waals surface area contributed by atoms with Crippen molar-refractivity contribution in [3.8, 4) is 5.75 Å². The predicted octanol–water partition coefficient (Wildman–Crippen LogP) is 3.19. The van der Waals surface area contributed by atoms with Crippen LogP contribution in [0, 0.1) is 0 Å². The van der Waals surface area contributed by atoms with E-state index >= 15 is 0 Å². The highest BCUT2D eigenvalue weighted by molar-refractivity contribution is 6.30. The fraction of sp³-hybridized carbons (Fsp3) is 0.625. The van der Waals surface area contributed by atoms with Crippen molar-refractivity contribution in [2.75, 3.05) is 34.0 Å². The summed E-state index contributed by atoms with van der Waals surface area (Å²) in [6, 6.07) is 5.71. The number of rotatable bonds is 6. The molecule has 1 aliphatic rings. The second kappa shape index (κ2) is 7.45. The van der Waals surface area contributed by atoms with Crippen LogP contribution < -0.4 is 10.1 Å². The third-order valence-electron chi connectivity index (χ3n) is 4.09. The number of hydrogen-bond acceptors (Lipinski definition) is 4. The van der Waals surface area contributed by atoms with E-state index in [0.29, 0.717) is 24.8 Å². The maximum atomic E-state index is 6.19. The minimum absolute atomic E-state index is 0.00926. The highest BCUT2D eigenvalue weighted by Crippen LogP contribution is 2.41. The zero-order valence-electron chi connectivity index (χ0n) is 12.9. The molecule has 5 heteroatoms. The number of likely N-dealkylation sites (N-methyl/N-ethyl adjacent to an activating group) is 1. The van der Waals surface area contributed by atoms with E-state index in [0.717, 1.165) is 24.2 Å². The molecule has 1 aromatic rings. The van der Waals surface area contributed by atoms with Gasteiger partial charge >= 0.3 is 0 Å². The third kappa shape index (κ3) is 3.51. The summed E-state index contributed by atoms with van der Waals surface area (Å²) >= 11 is 6.19. The number of hydrogen-bond donors (Lipinski definition) is 1. The average Bonchev–Trinajstić information content (AvgIpc) is 2.49. The van der Waals surface area contributed by atoms with Gasteiger partial charge in [-0.3, -0.25) is 0 Å². The molecule has 0 saturated carbocycles. The van der Waals surface area contributed by atoms with E-state index in [-0.39, 0.29) is 11.6 Å². The molecular weight excluding hydrogens is 290 g/mol. The van der Waals surface area contributed by atoms with Gasteiger partial charge in [0.05, 0.1) is 18.8 Å². The summed E-state index contributed by atoms with van der Waals surface area (Å²) < 4.78 is 17.2. The van der Waals surface area contributed by atoms with Crippen molar-refractivity contribution in [1.82, 2.24) is 5.32 Å². The SMILES string of the molecule is CCOC1(C(NC)c2cc(Cl)ccc2OC)CCOCC1. The molecule has 0 amide bonds. The Morgan fingerprint density at radius 2 is 2.10 bits per heavy atom. The Kier molecular flexibility index (Phi) is 5.88. The first kappa shape index (κ1) is 16.6. The highest BCUT2D eigenvalue weighted by atomic mass is 35.5. The van der Waals surface area contributed by atoms with Crippen molar-refractivity contribution in [2.45, 2.75) is 31.4 Å². The summed E-state index contributed by atoms with van der Waals surface area (Å²) in [6.07, 6.45) is 1.70. The zero-order valence-corrected chi connectivity index (χ0v) is 13.7. The quantitative estimate of drug-likeness (QED) is 0.875. The van der Waals surface area contributed by atoms with Crippen molar-refractivity contribution in [3.05, 3.63) is 28.8 Å². The lowest BCUT2D eigenvalue weighted by molar-refractivity contribution is -0.127. The minimum atomic E-state index is -0.292. The Bertz CT molecular complexity index is 455. The van der Waals surface area contributed by atoms with E-state index in [9.17, 15) is 0 Å². The summed E-state index contributed by atoms with van der Waals surface area (Å²) in [5.41, 5.74) is 0.738. The fourth-order valence-electron chi connectivity index (χ4n) is 3.15. The van der Waals surface area contributed by atoms with Crippen LogP contribution >= 0.6 is 11.6 Å². The second-order valence-electron chi connectivity index (χ2n) is 5.22. The monoisotopic (exact) mass is 313 g/mol. The van der Waals surface area contributed by atoms with Crippen LogP contribution in [0.1, 0.15) is 31.4 Å². The van der Waals surface area contributed by atoms with Gasteiger partial charge < -0.3 is 19.5 Å². The standard InChI is InChI=1S/C16H24ClNO3/c1-4-21-16(7-9-20-10-8-16)15(18-2)13-11-12(17)5-6-14(13)19-3/h5-6,11,15,18H,4,7-10H2,1-3H3. The summed E-state index contributed by atoms with van der Waals surface area (Å²) in [5, 5.41) is 4.10. The van der Waals surface area contributed by atoms with Crippen LogP contribution in [0.3, 0.4) is 0 Å². The van der Waals surface area contributed by atoms with Crippen molar-refractivity contribution in [3.63, 3.8) is 0 Å². The lowest BCUT2D eigenvalue weighted by atomic mass is 9.81. The number of benzene rings is 1. The first-order chi connectivity index (χ1) is 10.2. The zero-order chi connectivity index (χ0) is 15.3. The number of methoxy groups -OCH3 is 1. The molecule has 1 aromatic carbocycles. The van der Waals surface area contributed by atoms with Crippen LogP contribution in [0.4, 0.5) is 0 Å². The molecule has 0 spiro atoms. The molecule has 1 aliphatic heterocycles. The Labute approximate surface area is 131 Å². The lowest BCUT2D eigenvalue weighted by Crippen LogP contribution is -2.49. The van der Waals surface area contributed by atoms with E-state index < -0.39 is 0 Å². The smallest absolute Gasteiger partial charge is 0.123 e. The van der Waals surface area contributed by atoms with Gasteiger partial charge in [0.15, 0.2) is 0 Å². The molecule has 1 heterocycles. The predicted molar refractivity (Wildman–Crippen MR) is 84.2 cm³/mol. The van der Waals surface area contributed by atoms with E-state index in [1.807, 2.05) is 32.2 Å². The molecular formula is C16H24ClNO3. The first-order valence-corrected chi connectivity index (χ1v) is 7.77. The van der Waals surface area contributed by atoms with Crippen LogP contribution in [0.5, 0.6) is 5.75 Å². The van der Waals surface area contributed by atoms with Gasteiger partial charge in [0.2, 0.25) is 0 Å². The third-order valence-corrected chi connectivity index (χ3v) is 4.32. The molecule has 1 fully saturated rings. The maximum Gasteiger partial charge on any atom is 0.123 e. The van der Waals surface area contributed by atoms with Crippen LogP contribution in [0.2, 0.25) is 5.02 Å². The van der Waals surface area contributed by atoms with Crippen LogP contribution in [0.25, 0.3) is 0 Å². The van der Waals surface area contributed by atoms with Crippen molar-refractivity contribution in [2.24, 2.45) is 0 Å². The van der Waals surface area contributed by atoms with Crippen molar-refractivity contribution >= 4 is 11.6 Å². The summed E-state index contributed by atoms with van der Waals surface area (Å²) in [4.78, 5) is 0.